The summed E-state index contributed by atoms with van der Waals surface area (Å²) in [5.41, 5.74) is 4.19. The van der Waals surface area contributed by atoms with E-state index in [2.05, 4.69) is 16.5 Å². The Morgan fingerprint density at radius 2 is 1.88 bits per heavy atom. The fraction of sp³-hybridized carbons (Fsp3) is 0.154. The zero-order chi connectivity index (χ0) is 22.5. The fourth-order valence-electron chi connectivity index (χ4n) is 3.43. The third-order valence-corrected chi connectivity index (χ3v) is 5.09. The van der Waals surface area contributed by atoms with Crippen LogP contribution in [-0.2, 0) is 13.2 Å². The molecular formula is C26H24FN3O2. The molecule has 0 unspecified atom stereocenters. The fourth-order valence-corrected chi connectivity index (χ4v) is 3.43. The van der Waals surface area contributed by atoms with Gasteiger partial charge in [-0.3, -0.25) is 9.48 Å². The van der Waals surface area contributed by atoms with Crippen LogP contribution in [0, 0.1) is 19.7 Å². The first-order valence-electron chi connectivity index (χ1n) is 10.3. The minimum Gasteiger partial charge on any atom is -0.489 e. The summed E-state index contributed by atoms with van der Waals surface area (Å²) in [6.07, 6.45) is 1.70. The van der Waals surface area contributed by atoms with Gasteiger partial charge in [0.05, 0.1) is 6.54 Å². The highest BCUT2D eigenvalue weighted by Gasteiger charge is 2.10. The smallest absolute Gasteiger partial charge is 0.256 e. The molecule has 0 radical (unpaired) electrons. The molecule has 0 bridgehead atoms. The zero-order valence-corrected chi connectivity index (χ0v) is 18.0. The highest BCUT2D eigenvalue weighted by molar-refractivity contribution is 6.03. The van der Waals surface area contributed by atoms with Crippen molar-refractivity contribution >= 4 is 11.7 Å². The molecule has 1 N–H and O–H groups in total. The van der Waals surface area contributed by atoms with E-state index in [0.717, 1.165) is 16.9 Å². The molecule has 0 saturated heterocycles. The van der Waals surface area contributed by atoms with Crippen LogP contribution >= 0.6 is 0 Å². The van der Waals surface area contributed by atoms with Crippen molar-refractivity contribution in [1.29, 1.82) is 0 Å². The van der Waals surface area contributed by atoms with E-state index in [1.54, 1.807) is 47.3 Å². The van der Waals surface area contributed by atoms with E-state index < -0.39 is 0 Å². The number of rotatable bonds is 7. The van der Waals surface area contributed by atoms with Gasteiger partial charge in [0.1, 0.15) is 18.2 Å². The second kappa shape index (κ2) is 9.47. The first-order chi connectivity index (χ1) is 15.5. The summed E-state index contributed by atoms with van der Waals surface area (Å²) < 4.78 is 21.3. The Kier molecular flexibility index (Phi) is 6.31. The highest BCUT2D eigenvalue weighted by atomic mass is 19.1. The number of nitrogens with zero attached hydrogens (tertiary/aromatic N) is 2. The van der Waals surface area contributed by atoms with Gasteiger partial charge in [0.2, 0.25) is 0 Å². The third-order valence-electron chi connectivity index (χ3n) is 5.09. The maximum Gasteiger partial charge on any atom is 0.256 e. The van der Waals surface area contributed by atoms with Crippen molar-refractivity contribution in [2.75, 3.05) is 5.32 Å². The molecule has 0 aliphatic heterocycles. The van der Waals surface area contributed by atoms with Crippen molar-refractivity contribution in [3.05, 3.63) is 113 Å². The predicted octanol–water partition coefficient (Wildman–Crippen LogP) is 5.52. The van der Waals surface area contributed by atoms with E-state index in [1.165, 1.54) is 11.6 Å². The minimum atomic E-state index is -0.284. The van der Waals surface area contributed by atoms with Crippen LogP contribution in [0.2, 0.25) is 0 Å². The van der Waals surface area contributed by atoms with Gasteiger partial charge in [-0.1, -0.05) is 48.0 Å². The van der Waals surface area contributed by atoms with Crippen LogP contribution in [-0.4, -0.2) is 15.7 Å². The Bertz CT molecular complexity index is 1250. The van der Waals surface area contributed by atoms with Gasteiger partial charge >= 0.3 is 0 Å². The van der Waals surface area contributed by atoms with Gasteiger partial charge in [0, 0.05) is 23.4 Å². The maximum atomic E-state index is 13.8. The second-order valence-corrected chi connectivity index (χ2v) is 7.70. The minimum absolute atomic E-state index is 0.269. The van der Waals surface area contributed by atoms with E-state index in [-0.39, 0.29) is 18.3 Å². The van der Waals surface area contributed by atoms with Gasteiger partial charge in [-0.15, -0.1) is 0 Å². The molecule has 4 aromatic rings. The maximum absolute atomic E-state index is 13.8. The van der Waals surface area contributed by atoms with Crippen molar-refractivity contribution in [3.8, 4) is 5.75 Å². The molecule has 6 heteroatoms. The molecule has 1 amide bonds. The summed E-state index contributed by atoms with van der Waals surface area (Å²) in [5.74, 6) is 0.678. The number of aromatic nitrogens is 2. The Morgan fingerprint density at radius 3 is 2.69 bits per heavy atom. The highest BCUT2D eigenvalue weighted by Crippen LogP contribution is 2.20. The largest absolute Gasteiger partial charge is 0.489 e. The molecule has 0 saturated carbocycles. The Balaban J connectivity index is 1.39. The van der Waals surface area contributed by atoms with Crippen molar-refractivity contribution in [2.45, 2.75) is 27.0 Å². The molecule has 0 atom stereocenters. The molecule has 162 valence electrons. The number of carbonyl (C=O) groups is 1. The summed E-state index contributed by atoms with van der Waals surface area (Å²) in [4.78, 5) is 12.7. The number of ether oxygens (including phenoxy) is 1. The SMILES string of the molecule is Cc1ccc(OCc2cccc(C(=O)Nc3ccn(Cc4ccccc4F)n3)c2)c(C)c1. The number of hydrogen-bond donors (Lipinski definition) is 1. The van der Waals surface area contributed by atoms with E-state index in [1.807, 2.05) is 38.1 Å². The summed E-state index contributed by atoms with van der Waals surface area (Å²) in [7, 11) is 0. The molecule has 0 spiro atoms. The molecular weight excluding hydrogens is 405 g/mol. The van der Waals surface area contributed by atoms with Crippen LogP contribution in [0.25, 0.3) is 0 Å². The Labute approximate surface area is 186 Å². The summed E-state index contributed by atoms with van der Waals surface area (Å²) >= 11 is 0. The second-order valence-electron chi connectivity index (χ2n) is 7.70. The summed E-state index contributed by atoms with van der Waals surface area (Å²) in [5, 5.41) is 7.11. The van der Waals surface area contributed by atoms with Crippen LogP contribution in [0.15, 0.2) is 79.0 Å². The Morgan fingerprint density at radius 1 is 1.03 bits per heavy atom. The number of hydrogen-bond acceptors (Lipinski definition) is 3. The van der Waals surface area contributed by atoms with Crippen molar-refractivity contribution in [2.24, 2.45) is 0 Å². The molecule has 0 aliphatic carbocycles. The normalized spacial score (nSPS) is 10.7. The quantitative estimate of drug-likeness (QED) is 0.421. The van der Waals surface area contributed by atoms with Gasteiger partial charge in [-0.05, 0) is 49.2 Å². The van der Waals surface area contributed by atoms with Crippen LogP contribution < -0.4 is 10.1 Å². The zero-order valence-electron chi connectivity index (χ0n) is 18.0. The first kappa shape index (κ1) is 21.3. The van der Waals surface area contributed by atoms with Crippen molar-refractivity contribution in [3.63, 3.8) is 0 Å². The first-order valence-corrected chi connectivity index (χ1v) is 10.3. The average molecular weight is 429 g/mol. The van der Waals surface area contributed by atoms with Gasteiger partial charge in [0.15, 0.2) is 5.82 Å². The van der Waals surface area contributed by atoms with Gasteiger partial charge in [-0.25, -0.2) is 4.39 Å². The number of nitrogens with one attached hydrogen (secondary N) is 1. The summed E-state index contributed by atoms with van der Waals surface area (Å²) in [6.45, 7) is 4.70. The van der Waals surface area contributed by atoms with E-state index in [9.17, 15) is 9.18 Å². The number of anilines is 1. The number of benzene rings is 3. The summed E-state index contributed by atoms with van der Waals surface area (Å²) in [6, 6.07) is 21.6. The lowest BCUT2D eigenvalue weighted by atomic mass is 10.1. The molecule has 0 fully saturated rings. The molecule has 1 aromatic heterocycles. The predicted molar refractivity (Wildman–Crippen MR) is 122 cm³/mol. The number of halogens is 1. The standard InChI is InChI=1S/C26H24FN3O2/c1-18-10-11-24(19(2)14-18)32-17-20-6-5-8-21(15-20)26(31)28-25-12-13-30(29-25)16-22-7-3-4-9-23(22)27/h3-15H,16-17H2,1-2H3,(H,28,29,31). The van der Waals surface area contributed by atoms with E-state index in [4.69, 9.17) is 4.74 Å². The third kappa shape index (κ3) is 5.21. The molecule has 0 aliphatic rings. The van der Waals surface area contributed by atoms with Crippen LogP contribution in [0.4, 0.5) is 10.2 Å². The molecule has 32 heavy (non-hydrogen) atoms. The molecule has 5 nitrogen and oxygen atoms in total. The molecule has 1 heterocycles. The number of amides is 1. The lowest BCUT2D eigenvalue weighted by Crippen LogP contribution is -2.13. The molecule has 4 rings (SSSR count). The van der Waals surface area contributed by atoms with Gasteiger partial charge < -0.3 is 10.1 Å². The monoisotopic (exact) mass is 429 g/mol. The van der Waals surface area contributed by atoms with Gasteiger partial charge in [-0.2, -0.15) is 5.10 Å². The van der Waals surface area contributed by atoms with Crippen molar-refractivity contribution < 1.29 is 13.9 Å². The van der Waals surface area contributed by atoms with Crippen LogP contribution in [0.5, 0.6) is 5.75 Å². The van der Waals surface area contributed by atoms with Crippen LogP contribution in [0.3, 0.4) is 0 Å². The number of aryl methyl sites for hydroxylation is 2. The average Bonchev–Trinajstić information content (AvgIpc) is 3.21. The lowest BCUT2D eigenvalue weighted by molar-refractivity contribution is 0.102. The van der Waals surface area contributed by atoms with E-state index >= 15 is 0 Å². The van der Waals surface area contributed by atoms with Crippen LogP contribution in [0.1, 0.15) is 32.6 Å². The lowest BCUT2D eigenvalue weighted by Gasteiger charge is -2.11. The molecule has 3 aromatic carbocycles. The van der Waals surface area contributed by atoms with Gasteiger partial charge in [0.25, 0.3) is 5.91 Å². The number of carbonyl (C=O) groups excluding carboxylic acids is 1. The Hall–Kier alpha value is -3.93. The topological polar surface area (TPSA) is 56.1 Å². The van der Waals surface area contributed by atoms with E-state index in [0.29, 0.717) is 23.6 Å². The van der Waals surface area contributed by atoms with Crippen molar-refractivity contribution in [1.82, 2.24) is 9.78 Å².